The Hall–Kier alpha value is -1.84. The smallest absolute Gasteiger partial charge is 0.221 e. The van der Waals surface area contributed by atoms with Gasteiger partial charge in [0.25, 0.3) is 0 Å². The van der Waals surface area contributed by atoms with E-state index < -0.39 is 0 Å². The highest BCUT2D eigenvalue weighted by atomic mass is 16.3. The number of Topliss-reactive ketones (excluding diaryl/α,β-unsaturated/α-hetero) is 1. The number of ketones is 1. The van der Waals surface area contributed by atoms with Gasteiger partial charge in [-0.05, 0) is 67.1 Å². The van der Waals surface area contributed by atoms with Crippen molar-refractivity contribution in [2.45, 2.75) is 58.3 Å². The van der Waals surface area contributed by atoms with Crippen molar-refractivity contribution >= 4 is 17.4 Å². The molecule has 1 aromatic rings. The monoisotopic (exact) mass is 327 g/mol. The number of carbonyl (C=O) groups excluding carboxylic acids is 2. The molecule has 0 heterocycles. The molecular weight excluding hydrogens is 302 g/mol. The molecule has 4 nitrogen and oxygen atoms in total. The zero-order valence-corrected chi connectivity index (χ0v) is 14.4. The van der Waals surface area contributed by atoms with E-state index in [1.165, 1.54) is 12.5 Å². The van der Waals surface area contributed by atoms with E-state index in [9.17, 15) is 14.7 Å². The Morgan fingerprint density at radius 3 is 2.79 bits per heavy atom. The Morgan fingerprint density at radius 1 is 1.25 bits per heavy atom. The molecule has 0 spiro atoms. The van der Waals surface area contributed by atoms with Gasteiger partial charge in [-0.15, -0.1) is 0 Å². The molecule has 1 amide bonds. The van der Waals surface area contributed by atoms with Crippen LogP contribution in [-0.4, -0.2) is 16.8 Å². The van der Waals surface area contributed by atoms with E-state index in [1.54, 1.807) is 6.07 Å². The summed E-state index contributed by atoms with van der Waals surface area (Å²) in [6.45, 7) is 3.65. The minimum absolute atomic E-state index is 0.115. The molecular formula is C20H25NO3. The molecule has 0 unspecified atom stereocenters. The van der Waals surface area contributed by atoms with Crippen molar-refractivity contribution in [2.75, 3.05) is 5.32 Å². The van der Waals surface area contributed by atoms with Gasteiger partial charge >= 0.3 is 0 Å². The fourth-order valence-electron chi connectivity index (χ4n) is 5.74. The Bertz CT molecular complexity index is 726. The van der Waals surface area contributed by atoms with Gasteiger partial charge in [-0.3, -0.25) is 9.59 Å². The van der Waals surface area contributed by atoms with E-state index in [2.05, 4.69) is 12.2 Å². The predicted molar refractivity (Wildman–Crippen MR) is 92.0 cm³/mol. The summed E-state index contributed by atoms with van der Waals surface area (Å²) in [5, 5.41) is 13.0. The van der Waals surface area contributed by atoms with Crippen molar-refractivity contribution < 1.29 is 14.7 Å². The van der Waals surface area contributed by atoms with Crippen LogP contribution in [0.4, 0.5) is 5.69 Å². The molecule has 3 aliphatic rings. The van der Waals surface area contributed by atoms with Crippen LogP contribution in [0.25, 0.3) is 0 Å². The van der Waals surface area contributed by atoms with Gasteiger partial charge in [0.2, 0.25) is 5.91 Å². The van der Waals surface area contributed by atoms with E-state index >= 15 is 0 Å². The highest BCUT2D eigenvalue weighted by Crippen LogP contribution is 2.60. The second kappa shape index (κ2) is 5.33. The number of phenols is 1. The number of anilines is 1. The SMILES string of the molecule is CC(=O)Nc1c(O)ccc2c1CC[C@@H]1[C@@H]2CC[C@]2(C)C(=O)CC[C@@H]12. The number of rotatable bonds is 1. The molecule has 24 heavy (non-hydrogen) atoms. The van der Waals surface area contributed by atoms with Crippen LogP contribution >= 0.6 is 0 Å². The number of nitrogens with one attached hydrogen (secondary N) is 1. The summed E-state index contributed by atoms with van der Waals surface area (Å²) in [6, 6.07) is 3.74. The van der Waals surface area contributed by atoms with Crippen LogP contribution in [-0.2, 0) is 16.0 Å². The summed E-state index contributed by atoms with van der Waals surface area (Å²) in [4.78, 5) is 23.9. The molecule has 2 N–H and O–H groups in total. The number of amides is 1. The second-order valence-electron chi connectivity index (χ2n) is 8.04. The average Bonchev–Trinajstić information content (AvgIpc) is 2.85. The van der Waals surface area contributed by atoms with Crippen LogP contribution in [0.2, 0.25) is 0 Å². The summed E-state index contributed by atoms with van der Waals surface area (Å²) < 4.78 is 0. The second-order valence-corrected chi connectivity index (χ2v) is 8.04. The van der Waals surface area contributed by atoms with Gasteiger partial charge in [0.1, 0.15) is 11.5 Å². The summed E-state index contributed by atoms with van der Waals surface area (Å²) in [7, 11) is 0. The lowest BCUT2D eigenvalue weighted by Gasteiger charge is -2.48. The number of phenolic OH excluding ortho intramolecular Hbond substituents is 1. The summed E-state index contributed by atoms with van der Waals surface area (Å²) >= 11 is 0. The maximum atomic E-state index is 12.4. The van der Waals surface area contributed by atoms with Crippen LogP contribution in [0.3, 0.4) is 0 Å². The first-order chi connectivity index (χ1) is 11.4. The molecule has 0 aromatic heterocycles. The number of hydrogen-bond donors (Lipinski definition) is 2. The minimum Gasteiger partial charge on any atom is -0.506 e. The van der Waals surface area contributed by atoms with Gasteiger partial charge in [0, 0.05) is 18.8 Å². The van der Waals surface area contributed by atoms with Gasteiger partial charge in [-0.1, -0.05) is 13.0 Å². The van der Waals surface area contributed by atoms with Gasteiger partial charge in [0.15, 0.2) is 0 Å². The highest BCUT2D eigenvalue weighted by Gasteiger charge is 2.54. The maximum Gasteiger partial charge on any atom is 0.221 e. The van der Waals surface area contributed by atoms with Crippen LogP contribution < -0.4 is 5.32 Å². The zero-order valence-electron chi connectivity index (χ0n) is 14.4. The third kappa shape index (κ3) is 2.11. The third-order valence-corrected chi connectivity index (χ3v) is 6.90. The van der Waals surface area contributed by atoms with Crippen molar-refractivity contribution in [1.29, 1.82) is 0 Å². The molecule has 2 saturated carbocycles. The first kappa shape index (κ1) is 15.7. The molecule has 4 rings (SSSR count). The molecule has 4 heteroatoms. The lowest BCUT2D eigenvalue weighted by molar-refractivity contribution is -0.129. The lowest BCUT2D eigenvalue weighted by Crippen LogP contribution is -2.42. The fraction of sp³-hybridized carbons (Fsp3) is 0.600. The number of benzene rings is 1. The Labute approximate surface area is 142 Å². The van der Waals surface area contributed by atoms with Crippen LogP contribution in [0.5, 0.6) is 5.75 Å². The van der Waals surface area contributed by atoms with E-state index in [0.717, 1.165) is 44.1 Å². The predicted octanol–water partition coefficient (Wildman–Crippen LogP) is 3.78. The van der Waals surface area contributed by atoms with E-state index in [4.69, 9.17) is 0 Å². The summed E-state index contributed by atoms with van der Waals surface area (Å²) in [5.74, 6) is 1.96. The van der Waals surface area contributed by atoms with Crippen LogP contribution in [0.1, 0.15) is 63.0 Å². The molecule has 4 atom stereocenters. The van der Waals surface area contributed by atoms with Gasteiger partial charge in [0.05, 0.1) is 5.69 Å². The number of fused-ring (bicyclic) bond motifs is 5. The molecule has 0 saturated heterocycles. The summed E-state index contributed by atoms with van der Waals surface area (Å²) in [5.41, 5.74) is 2.85. The van der Waals surface area contributed by atoms with Crippen molar-refractivity contribution in [3.05, 3.63) is 23.3 Å². The molecule has 128 valence electrons. The summed E-state index contributed by atoms with van der Waals surface area (Å²) in [6.07, 6.45) is 5.67. The van der Waals surface area contributed by atoms with Gasteiger partial charge in [-0.2, -0.15) is 0 Å². The van der Waals surface area contributed by atoms with E-state index in [1.807, 2.05) is 6.07 Å². The van der Waals surface area contributed by atoms with Crippen LogP contribution in [0.15, 0.2) is 12.1 Å². The Morgan fingerprint density at radius 2 is 2.04 bits per heavy atom. The molecule has 0 bridgehead atoms. The first-order valence-electron chi connectivity index (χ1n) is 9.07. The third-order valence-electron chi connectivity index (χ3n) is 6.90. The standard InChI is InChI=1S/C20H25NO3/c1-11(22)21-19-15-4-3-14-13(12(15)5-7-17(19)23)9-10-20(2)16(14)6-8-18(20)24/h5,7,13-14,16,23H,3-4,6,8-10H2,1-2H3,(H,21,22)/t13-,14-,16+,20+/m1/s1. The number of hydrogen-bond acceptors (Lipinski definition) is 3. The number of aromatic hydroxyl groups is 1. The van der Waals surface area contributed by atoms with Crippen molar-refractivity contribution in [1.82, 2.24) is 0 Å². The number of carbonyl (C=O) groups is 2. The average molecular weight is 327 g/mol. The van der Waals surface area contributed by atoms with Gasteiger partial charge < -0.3 is 10.4 Å². The quantitative estimate of drug-likeness (QED) is 0.772. The van der Waals surface area contributed by atoms with E-state index in [-0.39, 0.29) is 17.1 Å². The largest absolute Gasteiger partial charge is 0.506 e. The Balaban J connectivity index is 1.73. The maximum absolute atomic E-state index is 12.4. The highest BCUT2D eigenvalue weighted by molar-refractivity contribution is 5.92. The van der Waals surface area contributed by atoms with Crippen molar-refractivity contribution in [3.63, 3.8) is 0 Å². The Kier molecular flexibility index (Phi) is 3.48. The van der Waals surface area contributed by atoms with Crippen LogP contribution in [0, 0.1) is 17.3 Å². The fourth-order valence-corrected chi connectivity index (χ4v) is 5.74. The topological polar surface area (TPSA) is 66.4 Å². The molecule has 0 radical (unpaired) electrons. The molecule has 3 aliphatic carbocycles. The lowest BCUT2D eigenvalue weighted by atomic mass is 9.55. The van der Waals surface area contributed by atoms with Gasteiger partial charge in [-0.25, -0.2) is 0 Å². The zero-order chi connectivity index (χ0) is 17.1. The minimum atomic E-state index is -0.154. The van der Waals surface area contributed by atoms with Crippen molar-refractivity contribution in [2.24, 2.45) is 17.3 Å². The normalized spacial score (nSPS) is 34.2. The molecule has 0 aliphatic heterocycles. The van der Waals surface area contributed by atoms with E-state index in [0.29, 0.717) is 29.2 Å². The molecule has 2 fully saturated rings. The first-order valence-corrected chi connectivity index (χ1v) is 9.07. The van der Waals surface area contributed by atoms with Crippen molar-refractivity contribution in [3.8, 4) is 5.75 Å². The molecule has 1 aromatic carbocycles.